The number of piperidine rings is 1. The zero-order valence-corrected chi connectivity index (χ0v) is 15.0. The molecule has 1 fully saturated rings. The standard InChI is InChI=1S/C21H23F2NO2/c1-13-3-4-14(2)18(11-13)20(17-6-5-16(22)12-19(17)23)24-9-7-15(8-10-24)21(25)26/h3-6,11-12,15,20H,7-10H2,1-2H3,(H,25,26). The second-order valence-electron chi connectivity index (χ2n) is 7.08. The predicted octanol–water partition coefficient (Wildman–Crippen LogP) is 4.47. The Hall–Kier alpha value is -2.27. The zero-order chi connectivity index (χ0) is 18.8. The fourth-order valence-electron chi connectivity index (χ4n) is 3.74. The molecule has 2 aromatic carbocycles. The van der Waals surface area contributed by atoms with Crippen molar-refractivity contribution >= 4 is 5.97 Å². The van der Waals surface area contributed by atoms with Gasteiger partial charge in [0, 0.05) is 11.6 Å². The largest absolute Gasteiger partial charge is 0.481 e. The van der Waals surface area contributed by atoms with Crippen molar-refractivity contribution in [2.45, 2.75) is 32.7 Å². The van der Waals surface area contributed by atoms with Crippen LogP contribution in [0.3, 0.4) is 0 Å². The van der Waals surface area contributed by atoms with Gasteiger partial charge in [-0.3, -0.25) is 9.69 Å². The summed E-state index contributed by atoms with van der Waals surface area (Å²) in [5.41, 5.74) is 3.50. The van der Waals surface area contributed by atoms with Gasteiger partial charge in [-0.15, -0.1) is 0 Å². The number of carbonyl (C=O) groups is 1. The van der Waals surface area contributed by atoms with Gasteiger partial charge in [0.05, 0.1) is 12.0 Å². The Morgan fingerprint density at radius 2 is 1.77 bits per heavy atom. The molecule has 1 aliphatic heterocycles. The van der Waals surface area contributed by atoms with Crippen molar-refractivity contribution in [3.8, 4) is 0 Å². The summed E-state index contributed by atoms with van der Waals surface area (Å²) < 4.78 is 28.0. The average molecular weight is 359 g/mol. The Labute approximate surface area is 152 Å². The maximum atomic E-state index is 14.6. The third kappa shape index (κ3) is 3.78. The van der Waals surface area contributed by atoms with Crippen LogP contribution < -0.4 is 0 Å². The molecule has 0 spiro atoms. The average Bonchev–Trinajstić information content (AvgIpc) is 2.60. The van der Waals surface area contributed by atoms with Crippen molar-refractivity contribution in [3.05, 3.63) is 70.3 Å². The summed E-state index contributed by atoms with van der Waals surface area (Å²) in [7, 11) is 0. The Morgan fingerprint density at radius 3 is 2.38 bits per heavy atom. The molecule has 2 aromatic rings. The van der Waals surface area contributed by atoms with Crippen LogP contribution in [0.25, 0.3) is 0 Å². The topological polar surface area (TPSA) is 40.5 Å². The normalized spacial score (nSPS) is 17.2. The van der Waals surface area contributed by atoms with Gasteiger partial charge in [-0.25, -0.2) is 8.78 Å². The molecule has 0 saturated carbocycles. The molecular formula is C21H23F2NO2. The van der Waals surface area contributed by atoms with Crippen molar-refractivity contribution < 1.29 is 18.7 Å². The van der Waals surface area contributed by atoms with Crippen LogP contribution in [0.2, 0.25) is 0 Å². The Bertz CT molecular complexity index is 814. The first-order valence-electron chi connectivity index (χ1n) is 8.85. The third-order valence-electron chi connectivity index (χ3n) is 5.23. The summed E-state index contributed by atoms with van der Waals surface area (Å²) in [6.45, 7) is 5.09. The van der Waals surface area contributed by atoms with Gasteiger partial charge in [0.15, 0.2) is 0 Å². The van der Waals surface area contributed by atoms with Crippen LogP contribution in [0, 0.1) is 31.4 Å². The maximum absolute atomic E-state index is 14.6. The van der Waals surface area contributed by atoms with E-state index in [-0.39, 0.29) is 12.0 Å². The lowest BCUT2D eigenvalue weighted by molar-refractivity contribution is -0.143. The van der Waals surface area contributed by atoms with Gasteiger partial charge in [-0.1, -0.05) is 29.8 Å². The van der Waals surface area contributed by atoms with Gasteiger partial charge >= 0.3 is 5.97 Å². The van der Waals surface area contributed by atoms with Gasteiger partial charge in [-0.2, -0.15) is 0 Å². The number of carboxylic acids is 1. The van der Waals surface area contributed by atoms with Gasteiger partial charge < -0.3 is 5.11 Å². The fourth-order valence-corrected chi connectivity index (χ4v) is 3.74. The summed E-state index contributed by atoms with van der Waals surface area (Å²) >= 11 is 0. The van der Waals surface area contributed by atoms with Crippen LogP contribution in [0.1, 0.15) is 41.1 Å². The van der Waals surface area contributed by atoms with Crippen LogP contribution in [-0.2, 0) is 4.79 Å². The van der Waals surface area contributed by atoms with E-state index in [0.29, 0.717) is 31.5 Å². The monoisotopic (exact) mass is 359 g/mol. The molecule has 1 unspecified atom stereocenters. The lowest BCUT2D eigenvalue weighted by Crippen LogP contribution is -2.39. The molecule has 1 saturated heterocycles. The molecule has 0 bridgehead atoms. The molecule has 1 N–H and O–H groups in total. The molecule has 0 amide bonds. The van der Waals surface area contributed by atoms with Crippen molar-refractivity contribution in [1.82, 2.24) is 4.90 Å². The number of nitrogens with zero attached hydrogens (tertiary/aromatic N) is 1. The highest BCUT2D eigenvalue weighted by atomic mass is 19.1. The smallest absolute Gasteiger partial charge is 0.306 e. The number of carboxylic acid groups (broad SMARTS) is 1. The van der Waals surface area contributed by atoms with E-state index in [9.17, 15) is 18.7 Å². The highest BCUT2D eigenvalue weighted by molar-refractivity contribution is 5.70. The van der Waals surface area contributed by atoms with Crippen molar-refractivity contribution in [2.75, 3.05) is 13.1 Å². The molecule has 0 aliphatic carbocycles. The number of hydrogen-bond donors (Lipinski definition) is 1. The molecule has 1 heterocycles. The first kappa shape index (κ1) is 18.5. The summed E-state index contributed by atoms with van der Waals surface area (Å²) in [5, 5.41) is 9.23. The molecule has 1 aliphatic rings. The number of aryl methyl sites for hydroxylation is 2. The Balaban J connectivity index is 2.02. The van der Waals surface area contributed by atoms with Crippen LogP contribution >= 0.6 is 0 Å². The predicted molar refractivity (Wildman–Crippen MR) is 96.0 cm³/mol. The van der Waals surface area contributed by atoms with Crippen molar-refractivity contribution in [2.24, 2.45) is 5.92 Å². The fraction of sp³-hybridized carbons (Fsp3) is 0.381. The van der Waals surface area contributed by atoms with Crippen molar-refractivity contribution in [3.63, 3.8) is 0 Å². The number of likely N-dealkylation sites (tertiary alicyclic amines) is 1. The Morgan fingerprint density at radius 1 is 1.08 bits per heavy atom. The van der Waals surface area contributed by atoms with Gasteiger partial charge in [0.2, 0.25) is 0 Å². The number of rotatable bonds is 4. The molecular weight excluding hydrogens is 336 g/mol. The summed E-state index contributed by atoms with van der Waals surface area (Å²) in [6.07, 6.45) is 1.05. The Kier molecular flexibility index (Phi) is 5.37. The maximum Gasteiger partial charge on any atom is 0.306 e. The number of benzene rings is 2. The van der Waals surface area contributed by atoms with E-state index >= 15 is 0 Å². The van der Waals surface area contributed by atoms with Crippen LogP contribution in [0.4, 0.5) is 8.78 Å². The van der Waals surface area contributed by atoms with Gasteiger partial charge in [0.25, 0.3) is 0 Å². The number of halogens is 2. The minimum atomic E-state index is -0.777. The molecule has 3 nitrogen and oxygen atoms in total. The highest BCUT2D eigenvalue weighted by Crippen LogP contribution is 2.36. The quantitative estimate of drug-likeness (QED) is 0.876. The minimum Gasteiger partial charge on any atom is -0.481 e. The second kappa shape index (κ2) is 7.54. The lowest BCUT2D eigenvalue weighted by Gasteiger charge is -2.38. The van der Waals surface area contributed by atoms with E-state index in [0.717, 1.165) is 22.8 Å². The lowest BCUT2D eigenvalue weighted by atomic mass is 9.88. The van der Waals surface area contributed by atoms with E-state index in [4.69, 9.17) is 0 Å². The van der Waals surface area contributed by atoms with E-state index < -0.39 is 17.6 Å². The first-order chi connectivity index (χ1) is 12.4. The molecule has 138 valence electrons. The van der Waals surface area contributed by atoms with Crippen LogP contribution in [-0.4, -0.2) is 29.1 Å². The van der Waals surface area contributed by atoms with Crippen LogP contribution in [0.5, 0.6) is 0 Å². The van der Waals surface area contributed by atoms with E-state index in [1.807, 2.05) is 32.0 Å². The van der Waals surface area contributed by atoms with E-state index in [1.165, 1.54) is 12.1 Å². The first-order valence-corrected chi connectivity index (χ1v) is 8.85. The summed E-state index contributed by atoms with van der Waals surface area (Å²) in [6, 6.07) is 9.38. The van der Waals surface area contributed by atoms with E-state index in [1.54, 1.807) is 0 Å². The molecule has 0 radical (unpaired) electrons. The third-order valence-corrected chi connectivity index (χ3v) is 5.23. The van der Waals surface area contributed by atoms with E-state index in [2.05, 4.69) is 4.90 Å². The van der Waals surface area contributed by atoms with Crippen molar-refractivity contribution in [1.29, 1.82) is 0 Å². The van der Waals surface area contributed by atoms with Gasteiger partial charge in [-0.05, 0) is 57.0 Å². The molecule has 0 aromatic heterocycles. The highest BCUT2D eigenvalue weighted by Gasteiger charge is 2.32. The summed E-state index contributed by atoms with van der Waals surface area (Å²) in [4.78, 5) is 13.3. The second-order valence-corrected chi connectivity index (χ2v) is 7.08. The minimum absolute atomic E-state index is 0.356. The van der Waals surface area contributed by atoms with Crippen LogP contribution in [0.15, 0.2) is 36.4 Å². The zero-order valence-electron chi connectivity index (χ0n) is 15.0. The number of aliphatic carboxylic acids is 1. The van der Waals surface area contributed by atoms with Gasteiger partial charge in [0.1, 0.15) is 11.6 Å². The molecule has 3 rings (SSSR count). The SMILES string of the molecule is Cc1ccc(C)c(C(c2ccc(F)cc2F)N2CCC(C(=O)O)CC2)c1. The molecule has 26 heavy (non-hydrogen) atoms. The molecule has 5 heteroatoms. The summed E-state index contributed by atoms with van der Waals surface area (Å²) in [5.74, 6) is -2.31. The molecule has 1 atom stereocenters. The number of hydrogen-bond acceptors (Lipinski definition) is 2.